The van der Waals surface area contributed by atoms with E-state index in [1.165, 1.54) is 84.2 Å². The highest BCUT2D eigenvalue weighted by molar-refractivity contribution is 6.27. The van der Waals surface area contributed by atoms with Crippen LogP contribution in [-0.2, 0) is 4.43 Å². The second-order valence-corrected chi connectivity index (χ2v) is 8.92. The van der Waals surface area contributed by atoms with Crippen LogP contribution in [0.2, 0.25) is 0 Å². The van der Waals surface area contributed by atoms with Gasteiger partial charge in [0.25, 0.3) is 0 Å². The SMILES string of the molecule is CCCN(CC)CCCN(CCCN(CC)CCC)C[SiH2]OC(CC)CC. The number of hydrogen-bond acceptors (Lipinski definition) is 4. The normalized spacial score (nSPS) is 12.7. The van der Waals surface area contributed by atoms with Crippen molar-refractivity contribution in [3.05, 3.63) is 0 Å². The second-order valence-electron chi connectivity index (χ2n) is 7.73. The van der Waals surface area contributed by atoms with Gasteiger partial charge in [0.15, 0.2) is 9.76 Å². The summed E-state index contributed by atoms with van der Waals surface area (Å²) in [6, 6.07) is 0. The van der Waals surface area contributed by atoms with E-state index < -0.39 is 9.76 Å². The molecule has 0 unspecified atom stereocenters. The average Bonchev–Trinajstić information content (AvgIpc) is 2.69. The summed E-state index contributed by atoms with van der Waals surface area (Å²) in [4.78, 5) is 7.89. The highest BCUT2D eigenvalue weighted by atomic mass is 28.2. The van der Waals surface area contributed by atoms with E-state index in [0.29, 0.717) is 6.10 Å². The maximum Gasteiger partial charge on any atom is 0.175 e. The highest BCUT2D eigenvalue weighted by Gasteiger charge is 2.10. The fourth-order valence-electron chi connectivity index (χ4n) is 3.73. The maximum absolute atomic E-state index is 6.22. The van der Waals surface area contributed by atoms with Gasteiger partial charge in [-0.1, -0.05) is 41.5 Å². The molecule has 0 N–H and O–H groups in total. The van der Waals surface area contributed by atoms with Crippen LogP contribution in [0.25, 0.3) is 0 Å². The number of rotatable bonds is 20. The van der Waals surface area contributed by atoms with E-state index in [0.717, 1.165) is 12.8 Å². The molecule has 0 aromatic heterocycles. The third-order valence-corrected chi connectivity index (χ3v) is 7.07. The summed E-state index contributed by atoms with van der Waals surface area (Å²) in [5.74, 6) is 0. The number of nitrogens with zero attached hydrogens (tertiary/aromatic N) is 3. The third-order valence-electron chi connectivity index (χ3n) is 5.54. The summed E-state index contributed by atoms with van der Waals surface area (Å²) in [7, 11) is -0.431. The molecule has 0 aliphatic rings. The molecular weight excluding hydrogens is 350 g/mol. The average molecular weight is 402 g/mol. The maximum atomic E-state index is 6.22. The summed E-state index contributed by atoms with van der Waals surface area (Å²) in [5, 5.41) is 0. The van der Waals surface area contributed by atoms with E-state index in [9.17, 15) is 0 Å². The Morgan fingerprint density at radius 2 is 1.07 bits per heavy atom. The summed E-state index contributed by atoms with van der Waals surface area (Å²) in [5.41, 5.74) is 0. The lowest BCUT2D eigenvalue weighted by Crippen LogP contribution is -2.36. The van der Waals surface area contributed by atoms with Crippen LogP contribution in [0.15, 0.2) is 0 Å². The molecule has 0 aliphatic carbocycles. The Bertz CT molecular complexity index is 283. The molecule has 0 fully saturated rings. The molecule has 0 bridgehead atoms. The van der Waals surface area contributed by atoms with Gasteiger partial charge in [0, 0.05) is 12.3 Å². The van der Waals surface area contributed by atoms with E-state index in [1.807, 2.05) is 0 Å². The van der Waals surface area contributed by atoms with E-state index in [-0.39, 0.29) is 0 Å². The Balaban J connectivity index is 4.33. The largest absolute Gasteiger partial charge is 0.420 e. The van der Waals surface area contributed by atoms with Gasteiger partial charge in [0.2, 0.25) is 0 Å². The molecule has 4 nitrogen and oxygen atoms in total. The predicted octanol–water partition coefficient (Wildman–Crippen LogP) is 3.78. The first-order valence-corrected chi connectivity index (χ1v) is 13.5. The lowest BCUT2D eigenvalue weighted by atomic mass is 10.2. The molecule has 0 radical (unpaired) electrons. The first kappa shape index (κ1) is 27.1. The first-order chi connectivity index (χ1) is 13.1. The Labute approximate surface area is 173 Å². The topological polar surface area (TPSA) is 19.0 Å². The van der Waals surface area contributed by atoms with Crippen molar-refractivity contribution in [1.29, 1.82) is 0 Å². The van der Waals surface area contributed by atoms with Gasteiger partial charge in [0.1, 0.15) is 0 Å². The summed E-state index contributed by atoms with van der Waals surface area (Å²) in [6.45, 7) is 23.5. The molecule has 0 spiro atoms. The minimum absolute atomic E-state index is 0.431. The van der Waals surface area contributed by atoms with Crippen molar-refractivity contribution in [2.45, 2.75) is 86.2 Å². The Morgan fingerprint density at radius 3 is 1.44 bits per heavy atom. The summed E-state index contributed by atoms with van der Waals surface area (Å²) < 4.78 is 6.22. The smallest absolute Gasteiger partial charge is 0.175 e. The Hall–Kier alpha value is 0.0569. The molecule has 27 heavy (non-hydrogen) atoms. The zero-order chi connectivity index (χ0) is 20.3. The fourth-order valence-corrected chi connectivity index (χ4v) is 5.35. The van der Waals surface area contributed by atoms with Gasteiger partial charge in [-0.3, -0.25) is 0 Å². The van der Waals surface area contributed by atoms with Gasteiger partial charge in [0.05, 0.1) is 0 Å². The summed E-state index contributed by atoms with van der Waals surface area (Å²) in [6.07, 6.45) is 9.15. The molecule has 0 heterocycles. The zero-order valence-corrected chi connectivity index (χ0v) is 21.1. The van der Waals surface area contributed by atoms with E-state index in [2.05, 4.69) is 56.2 Å². The Kier molecular flexibility index (Phi) is 19.4. The van der Waals surface area contributed by atoms with E-state index in [4.69, 9.17) is 4.43 Å². The van der Waals surface area contributed by atoms with E-state index >= 15 is 0 Å². The van der Waals surface area contributed by atoms with Crippen molar-refractivity contribution < 1.29 is 4.43 Å². The van der Waals surface area contributed by atoms with Gasteiger partial charge >= 0.3 is 0 Å². The lowest BCUT2D eigenvalue weighted by molar-refractivity contribution is 0.186. The molecule has 0 amide bonds. The van der Waals surface area contributed by atoms with Crippen LogP contribution in [-0.4, -0.2) is 89.1 Å². The molecule has 0 rings (SSSR count). The summed E-state index contributed by atoms with van der Waals surface area (Å²) >= 11 is 0. The minimum atomic E-state index is -0.431. The monoisotopic (exact) mass is 401 g/mol. The highest BCUT2D eigenvalue weighted by Crippen LogP contribution is 2.04. The van der Waals surface area contributed by atoms with Crippen LogP contribution < -0.4 is 0 Å². The molecule has 0 atom stereocenters. The van der Waals surface area contributed by atoms with Crippen LogP contribution in [0, 0.1) is 0 Å². The third kappa shape index (κ3) is 14.7. The molecule has 0 aliphatic heterocycles. The van der Waals surface area contributed by atoms with Crippen molar-refractivity contribution in [2.75, 3.05) is 58.5 Å². The molecule has 0 saturated heterocycles. The first-order valence-electron chi connectivity index (χ1n) is 11.9. The van der Waals surface area contributed by atoms with Crippen LogP contribution in [0.5, 0.6) is 0 Å². The molecule has 5 heteroatoms. The second kappa shape index (κ2) is 19.4. The zero-order valence-electron chi connectivity index (χ0n) is 19.6. The lowest BCUT2D eigenvalue weighted by Gasteiger charge is -2.27. The minimum Gasteiger partial charge on any atom is -0.420 e. The van der Waals surface area contributed by atoms with Crippen LogP contribution in [0.4, 0.5) is 0 Å². The Morgan fingerprint density at radius 1 is 0.630 bits per heavy atom. The molecule has 0 saturated carbocycles. The molecule has 0 aromatic rings. The van der Waals surface area contributed by atoms with Crippen molar-refractivity contribution in [2.24, 2.45) is 0 Å². The van der Waals surface area contributed by atoms with Crippen molar-refractivity contribution in [3.63, 3.8) is 0 Å². The van der Waals surface area contributed by atoms with Gasteiger partial charge in [-0.2, -0.15) is 0 Å². The van der Waals surface area contributed by atoms with Crippen LogP contribution >= 0.6 is 0 Å². The number of hydrogen-bond donors (Lipinski definition) is 0. The van der Waals surface area contributed by atoms with Gasteiger partial charge < -0.3 is 19.1 Å². The molecule has 0 aromatic carbocycles. The van der Waals surface area contributed by atoms with E-state index in [1.54, 1.807) is 0 Å². The van der Waals surface area contributed by atoms with Crippen LogP contribution in [0.1, 0.15) is 80.1 Å². The van der Waals surface area contributed by atoms with Crippen LogP contribution in [0.3, 0.4) is 0 Å². The fraction of sp³-hybridized carbons (Fsp3) is 1.00. The standard InChI is InChI=1S/C22H51N3OSi/c1-7-15-23(11-5)17-13-19-25(21-27-26-22(9-3)10-4)20-14-18-24(12-6)16-8-2/h22H,7-21,27H2,1-6H3. The van der Waals surface area contributed by atoms with Gasteiger partial charge in [-0.25, -0.2) is 0 Å². The van der Waals surface area contributed by atoms with Gasteiger partial charge in [-0.15, -0.1) is 0 Å². The quantitative estimate of drug-likeness (QED) is 0.289. The van der Waals surface area contributed by atoms with Gasteiger partial charge in [-0.05, 0) is 90.9 Å². The molecule has 164 valence electrons. The molecular formula is C22H51N3OSi. The predicted molar refractivity (Wildman–Crippen MR) is 124 cm³/mol. The van der Waals surface area contributed by atoms with Crippen molar-refractivity contribution >= 4 is 9.76 Å². The van der Waals surface area contributed by atoms with Crippen molar-refractivity contribution in [3.8, 4) is 0 Å². The van der Waals surface area contributed by atoms with Crippen molar-refractivity contribution in [1.82, 2.24) is 14.7 Å².